The van der Waals surface area contributed by atoms with Gasteiger partial charge in [0.05, 0.1) is 0 Å². The lowest BCUT2D eigenvalue weighted by atomic mass is 9.62. The molecule has 3 saturated carbocycles. The largest absolute Gasteiger partial charge is 0.264 e. The first-order valence-electron chi connectivity index (χ1n) is 4.80. The van der Waals surface area contributed by atoms with Crippen LogP contribution in [-0.4, -0.2) is 20.9 Å². The fraction of sp³-hybridized carbons (Fsp3) is 1.00. The lowest BCUT2D eigenvalue weighted by Crippen LogP contribution is -2.56. The number of hydrogen-bond acceptors (Lipinski definition) is 4. The Labute approximate surface area is 80.6 Å². The Hall–Kier alpha value is -1.20. The Morgan fingerprint density at radius 3 is 1.07 bits per heavy atom. The summed E-state index contributed by atoms with van der Waals surface area (Å²) in [6.45, 7) is 0. The van der Waals surface area contributed by atoms with E-state index in [1.165, 1.54) is 0 Å². The van der Waals surface area contributed by atoms with Crippen molar-refractivity contribution in [3.63, 3.8) is 0 Å². The van der Waals surface area contributed by atoms with Gasteiger partial charge < -0.3 is 0 Å². The quantitative estimate of drug-likeness (QED) is 0.497. The van der Waals surface area contributed by atoms with Crippen LogP contribution in [0, 0.1) is 20.2 Å². The van der Waals surface area contributed by atoms with E-state index in [1.54, 1.807) is 0 Å². The van der Waals surface area contributed by atoms with E-state index < -0.39 is 11.1 Å². The summed E-state index contributed by atoms with van der Waals surface area (Å²) >= 11 is 0. The molecule has 3 fully saturated rings. The summed E-state index contributed by atoms with van der Waals surface area (Å²) in [5, 5.41) is 21.7. The van der Waals surface area contributed by atoms with Crippen molar-refractivity contribution in [3.8, 4) is 0 Å². The molecule has 0 N–H and O–H groups in total. The van der Waals surface area contributed by atoms with Gasteiger partial charge in [0, 0.05) is 48.4 Å². The molecule has 0 unspecified atom stereocenters. The summed E-state index contributed by atoms with van der Waals surface area (Å²) < 4.78 is 0. The summed E-state index contributed by atoms with van der Waals surface area (Å²) in [6.07, 6.45) is 2.26. The van der Waals surface area contributed by atoms with Crippen LogP contribution < -0.4 is 0 Å². The summed E-state index contributed by atoms with van der Waals surface area (Å²) in [4.78, 5) is 21.2. The molecule has 0 aromatic rings. The normalized spacial score (nSPS) is 40.9. The maximum absolute atomic E-state index is 10.8. The monoisotopic (exact) mass is 200 g/mol. The molecular formula is C8H12N2O4. The van der Waals surface area contributed by atoms with Gasteiger partial charge in [-0.3, -0.25) is 20.2 Å². The molecule has 0 spiro atoms. The van der Waals surface area contributed by atoms with Gasteiger partial charge in [0.1, 0.15) is 0 Å². The Bertz CT molecular complexity index is 247. The lowest BCUT2D eigenvalue weighted by molar-refractivity contribution is -0.627. The first kappa shape index (κ1) is 9.36. The predicted octanol–water partition coefficient (Wildman–Crippen LogP) is 1.39. The predicted molar refractivity (Wildman–Crippen MR) is 47.2 cm³/mol. The molecular weight excluding hydrogens is 188 g/mol. The van der Waals surface area contributed by atoms with Crippen LogP contribution in [0.3, 0.4) is 0 Å². The van der Waals surface area contributed by atoms with Crippen LogP contribution in [-0.2, 0) is 0 Å². The fourth-order valence-corrected chi connectivity index (χ4v) is 2.69. The van der Waals surface area contributed by atoms with Crippen molar-refractivity contribution in [2.75, 3.05) is 0 Å². The molecule has 0 aliphatic heterocycles. The zero-order chi connectivity index (χ0) is 10.4. The highest BCUT2D eigenvalue weighted by atomic mass is 16.6. The van der Waals surface area contributed by atoms with E-state index in [9.17, 15) is 20.2 Å². The first-order chi connectivity index (χ1) is 6.51. The molecule has 6 heteroatoms. The van der Waals surface area contributed by atoms with Gasteiger partial charge >= 0.3 is 0 Å². The molecule has 0 amide bonds. The second-order valence-electron chi connectivity index (χ2n) is 4.46. The van der Waals surface area contributed by atoms with Crippen LogP contribution in [0.4, 0.5) is 0 Å². The highest BCUT2D eigenvalue weighted by Crippen LogP contribution is 2.49. The maximum atomic E-state index is 10.8. The summed E-state index contributed by atoms with van der Waals surface area (Å²) in [5.74, 6) is 0. The lowest BCUT2D eigenvalue weighted by Gasteiger charge is -2.42. The van der Waals surface area contributed by atoms with Gasteiger partial charge in [-0.05, 0) is 0 Å². The van der Waals surface area contributed by atoms with E-state index in [0.717, 1.165) is 0 Å². The molecule has 3 aliphatic carbocycles. The fourth-order valence-electron chi connectivity index (χ4n) is 2.69. The summed E-state index contributed by atoms with van der Waals surface area (Å²) in [5.41, 5.74) is -1.67. The molecule has 0 aromatic heterocycles. The Morgan fingerprint density at radius 2 is 0.929 bits per heavy atom. The van der Waals surface area contributed by atoms with Crippen LogP contribution in [0.2, 0.25) is 0 Å². The average molecular weight is 200 g/mol. The van der Waals surface area contributed by atoms with Crippen molar-refractivity contribution in [2.45, 2.75) is 49.6 Å². The second-order valence-corrected chi connectivity index (χ2v) is 4.46. The van der Waals surface area contributed by atoms with E-state index in [-0.39, 0.29) is 9.85 Å². The minimum atomic E-state index is -0.836. The van der Waals surface area contributed by atoms with Crippen LogP contribution in [0.1, 0.15) is 38.5 Å². The minimum Gasteiger partial charge on any atom is -0.264 e. The van der Waals surface area contributed by atoms with Gasteiger partial charge in [-0.2, -0.15) is 0 Å². The standard InChI is InChI=1S/C8H12N2O4/c11-9(12)7-1-2-8(5-3-7,6-4-7)10(13)14/h1-6H2. The van der Waals surface area contributed by atoms with Crippen LogP contribution >= 0.6 is 0 Å². The van der Waals surface area contributed by atoms with Crippen molar-refractivity contribution < 1.29 is 9.85 Å². The maximum Gasteiger partial charge on any atom is 0.223 e. The topological polar surface area (TPSA) is 86.3 Å². The molecule has 2 bridgehead atoms. The van der Waals surface area contributed by atoms with Crippen molar-refractivity contribution in [1.82, 2.24) is 0 Å². The third-order valence-corrected chi connectivity index (χ3v) is 3.94. The van der Waals surface area contributed by atoms with E-state index >= 15 is 0 Å². The van der Waals surface area contributed by atoms with Gasteiger partial charge in [-0.1, -0.05) is 0 Å². The van der Waals surface area contributed by atoms with Crippen molar-refractivity contribution in [1.29, 1.82) is 0 Å². The molecule has 0 radical (unpaired) electrons. The molecule has 0 atom stereocenters. The SMILES string of the molecule is O=[N+]([O-])C12CCC([N+](=O)[O-])(CC1)CC2. The highest BCUT2D eigenvalue weighted by molar-refractivity contribution is 5.01. The van der Waals surface area contributed by atoms with Gasteiger partial charge in [-0.25, -0.2) is 0 Å². The molecule has 0 heterocycles. The van der Waals surface area contributed by atoms with Gasteiger partial charge in [0.25, 0.3) is 0 Å². The summed E-state index contributed by atoms with van der Waals surface area (Å²) in [7, 11) is 0. The van der Waals surface area contributed by atoms with Crippen molar-refractivity contribution in [3.05, 3.63) is 20.2 Å². The molecule has 0 saturated heterocycles. The molecule has 3 rings (SSSR count). The number of fused-ring (bicyclic) bond motifs is 3. The number of rotatable bonds is 2. The van der Waals surface area contributed by atoms with Crippen LogP contribution in [0.5, 0.6) is 0 Å². The summed E-state index contributed by atoms with van der Waals surface area (Å²) in [6, 6.07) is 0. The zero-order valence-electron chi connectivity index (χ0n) is 7.77. The van der Waals surface area contributed by atoms with E-state index in [0.29, 0.717) is 38.5 Å². The molecule has 0 aromatic carbocycles. The van der Waals surface area contributed by atoms with Crippen molar-refractivity contribution >= 4 is 0 Å². The third kappa shape index (κ3) is 1.03. The third-order valence-electron chi connectivity index (χ3n) is 3.94. The molecule has 78 valence electrons. The highest BCUT2D eigenvalue weighted by Gasteiger charge is 2.61. The van der Waals surface area contributed by atoms with E-state index in [1.807, 2.05) is 0 Å². The number of nitrogens with zero attached hydrogens (tertiary/aromatic N) is 2. The smallest absolute Gasteiger partial charge is 0.223 e. The van der Waals surface area contributed by atoms with Gasteiger partial charge in [0.2, 0.25) is 11.1 Å². The Morgan fingerprint density at radius 1 is 0.714 bits per heavy atom. The first-order valence-corrected chi connectivity index (χ1v) is 4.80. The second kappa shape index (κ2) is 2.65. The average Bonchev–Trinajstić information content (AvgIpc) is 2.20. The molecule has 14 heavy (non-hydrogen) atoms. The van der Waals surface area contributed by atoms with Gasteiger partial charge in [-0.15, -0.1) is 0 Å². The number of hydrogen-bond donors (Lipinski definition) is 0. The van der Waals surface area contributed by atoms with E-state index in [2.05, 4.69) is 0 Å². The van der Waals surface area contributed by atoms with Crippen LogP contribution in [0.15, 0.2) is 0 Å². The Balaban J connectivity index is 2.21. The molecule has 6 nitrogen and oxygen atoms in total. The minimum absolute atomic E-state index is 0.226. The van der Waals surface area contributed by atoms with Gasteiger partial charge in [0.15, 0.2) is 0 Å². The zero-order valence-corrected chi connectivity index (χ0v) is 7.77. The number of nitro groups is 2. The van der Waals surface area contributed by atoms with Crippen LogP contribution in [0.25, 0.3) is 0 Å². The Kier molecular flexibility index (Phi) is 1.77. The van der Waals surface area contributed by atoms with E-state index in [4.69, 9.17) is 0 Å². The van der Waals surface area contributed by atoms with Crippen molar-refractivity contribution in [2.24, 2.45) is 0 Å². The molecule has 3 aliphatic rings.